The van der Waals surface area contributed by atoms with E-state index in [2.05, 4.69) is 26.1 Å². The number of piperazine rings is 1. The van der Waals surface area contributed by atoms with E-state index in [1.807, 2.05) is 24.3 Å². The maximum atomic E-state index is 11.4. The summed E-state index contributed by atoms with van der Waals surface area (Å²) < 4.78 is 25.4. The molecule has 7 heteroatoms. The van der Waals surface area contributed by atoms with Gasteiger partial charge in [-0.1, -0.05) is 15.9 Å². The van der Waals surface area contributed by atoms with E-state index in [0.717, 1.165) is 36.3 Å². The Morgan fingerprint density at radius 2 is 1.75 bits per heavy atom. The third kappa shape index (κ3) is 4.73. The summed E-state index contributed by atoms with van der Waals surface area (Å²) in [6.07, 6.45) is 1.28. The van der Waals surface area contributed by atoms with Gasteiger partial charge in [-0.25, -0.2) is 8.42 Å². The highest BCUT2D eigenvalue weighted by molar-refractivity contribution is 9.10. The van der Waals surface area contributed by atoms with Crippen molar-refractivity contribution < 1.29 is 8.42 Å². The Kier molecular flexibility index (Phi) is 5.42. The van der Waals surface area contributed by atoms with E-state index in [0.29, 0.717) is 13.1 Å². The van der Waals surface area contributed by atoms with Crippen molar-refractivity contribution in [2.24, 2.45) is 0 Å². The fourth-order valence-corrected chi connectivity index (χ4v) is 3.30. The zero-order valence-corrected chi connectivity index (χ0v) is 14.0. The zero-order valence-electron chi connectivity index (χ0n) is 11.5. The fraction of sp³-hybridized carbons (Fsp3) is 0.538. The van der Waals surface area contributed by atoms with Crippen molar-refractivity contribution in [3.63, 3.8) is 0 Å². The summed E-state index contributed by atoms with van der Waals surface area (Å²) in [6, 6.07) is 8.08. The van der Waals surface area contributed by atoms with Crippen LogP contribution in [0.5, 0.6) is 0 Å². The van der Waals surface area contributed by atoms with Crippen LogP contribution in [0.3, 0.4) is 0 Å². The van der Waals surface area contributed by atoms with Crippen molar-refractivity contribution in [2.75, 3.05) is 50.8 Å². The number of anilines is 1. The van der Waals surface area contributed by atoms with Crippen molar-refractivity contribution in [1.29, 1.82) is 0 Å². The van der Waals surface area contributed by atoms with Crippen LogP contribution < -0.4 is 5.32 Å². The van der Waals surface area contributed by atoms with E-state index in [-0.39, 0.29) is 0 Å². The van der Waals surface area contributed by atoms with Gasteiger partial charge in [-0.05, 0) is 24.3 Å². The predicted octanol–water partition coefficient (Wildman–Crippen LogP) is 1.44. The van der Waals surface area contributed by atoms with Crippen molar-refractivity contribution >= 4 is 31.6 Å². The average Bonchev–Trinajstić information content (AvgIpc) is 2.41. The Balaban J connectivity index is 1.70. The van der Waals surface area contributed by atoms with Gasteiger partial charge in [0, 0.05) is 49.4 Å². The largest absolute Gasteiger partial charge is 0.384 e. The van der Waals surface area contributed by atoms with Gasteiger partial charge in [-0.2, -0.15) is 4.31 Å². The minimum atomic E-state index is -3.03. The molecule has 0 spiro atoms. The Morgan fingerprint density at radius 3 is 2.30 bits per heavy atom. The minimum Gasteiger partial charge on any atom is -0.384 e. The summed E-state index contributed by atoms with van der Waals surface area (Å²) in [5.41, 5.74) is 1.10. The highest BCUT2D eigenvalue weighted by Crippen LogP contribution is 2.14. The quantitative estimate of drug-likeness (QED) is 0.861. The molecule has 2 rings (SSSR count). The van der Waals surface area contributed by atoms with E-state index in [9.17, 15) is 8.42 Å². The van der Waals surface area contributed by atoms with E-state index in [1.54, 1.807) is 4.31 Å². The smallest absolute Gasteiger partial charge is 0.211 e. The van der Waals surface area contributed by atoms with Crippen LogP contribution in [-0.4, -0.2) is 63.1 Å². The lowest BCUT2D eigenvalue weighted by molar-refractivity contribution is 0.195. The number of hydrogen-bond acceptors (Lipinski definition) is 4. The Bertz CT molecular complexity index is 525. The normalized spacial score (nSPS) is 18.1. The van der Waals surface area contributed by atoms with Crippen molar-refractivity contribution in [3.8, 4) is 0 Å². The number of nitrogens with one attached hydrogen (secondary N) is 1. The first-order valence-electron chi connectivity index (χ1n) is 6.62. The van der Waals surface area contributed by atoms with Crippen LogP contribution in [0.25, 0.3) is 0 Å². The van der Waals surface area contributed by atoms with E-state index in [1.165, 1.54) is 6.26 Å². The molecule has 112 valence electrons. The molecule has 20 heavy (non-hydrogen) atoms. The summed E-state index contributed by atoms with van der Waals surface area (Å²) in [7, 11) is -3.03. The molecule has 1 aliphatic heterocycles. The monoisotopic (exact) mass is 361 g/mol. The minimum absolute atomic E-state index is 0.594. The molecular formula is C13H20BrN3O2S. The van der Waals surface area contributed by atoms with Gasteiger partial charge in [0.25, 0.3) is 0 Å². The SMILES string of the molecule is CS(=O)(=O)N1CCN(CCNc2ccc(Br)cc2)CC1. The molecule has 0 saturated carbocycles. The van der Waals surface area contributed by atoms with Gasteiger partial charge in [-0.15, -0.1) is 0 Å². The van der Waals surface area contributed by atoms with Crippen LogP contribution in [0.1, 0.15) is 0 Å². The Morgan fingerprint density at radius 1 is 1.15 bits per heavy atom. The number of sulfonamides is 1. The molecule has 0 aliphatic carbocycles. The lowest BCUT2D eigenvalue weighted by Crippen LogP contribution is -2.49. The maximum absolute atomic E-state index is 11.4. The molecule has 0 unspecified atom stereocenters. The highest BCUT2D eigenvalue weighted by Gasteiger charge is 2.22. The third-order valence-electron chi connectivity index (χ3n) is 3.40. The zero-order chi connectivity index (χ0) is 14.6. The third-order valence-corrected chi connectivity index (χ3v) is 5.23. The van der Waals surface area contributed by atoms with Gasteiger partial charge in [0.1, 0.15) is 0 Å². The lowest BCUT2D eigenvalue weighted by atomic mass is 10.3. The molecule has 1 fully saturated rings. The molecule has 0 bridgehead atoms. The standard InChI is InChI=1S/C13H20BrN3O2S/c1-20(18,19)17-10-8-16(9-11-17)7-6-15-13-4-2-12(14)3-5-13/h2-5,15H,6-11H2,1H3. The Hall–Kier alpha value is -0.630. The number of hydrogen-bond donors (Lipinski definition) is 1. The molecule has 0 aromatic heterocycles. The summed E-state index contributed by atoms with van der Waals surface area (Å²) in [6.45, 7) is 4.58. The molecule has 5 nitrogen and oxygen atoms in total. The number of rotatable bonds is 5. The van der Waals surface area contributed by atoms with Crippen LogP contribution in [0, 0.1) is 0 Å². The molecule has 0 radical (unpaired) electrons. The second-order valence-electron chi connectivity index (χ2n) is 4.94. The van der Waals surface area contributed by atoms with Crippen LogP contribution in [0.4, 0.5) is 5.69 Å². The van der Waals surface area contributed by atoms with Gasteiger partial charge in [0.15, 0.2) is 0 Å². The molecule has 1 aliphatic rings. The number of nitrogens with zero attached hydrogens (tertiary/aromatic N) is 2. The molecule has 0 amide bonds. The predicted molar refractivity (Wildman–Crippen MR) is 85.5 cm³/mol. The number of halogens is 1. The summed E-state index contributed by atoms with van der Waals surface area (Å²) in [5.74, 6) is 0. The van der Waals surface area contributed by atoms with Crippen molar-refractivity contribution in [3.05, 3.63) is 28.7 Å². The topological polar surface area (TPSA) is 52.7 Å². The highest BCUT2D eigenvalue weighted by atomic mass is 79.9. The second-order valence-corrected chi connectivity index (χ2v) is 7.84. The molecule has 1 aromatic carbocycles. The van der Waals surface area contributed by atoms with Gasteiger partial charge in [-0.3, -0.25) is 4.90 Å². The van der Waals surface area contributed by atoms with Gasteiger partial charge in [0.2, 0.25) is 10.0 Å². The second kappa shape index (κ2) is 6.89. The first kappa shape index (κ1) is 15.8. The van der Waals surface area contributed by atoms with E-state index >= 15 is 0 Å². The average molecular weight is 362 g/mol. The molecule has 0 atom stereocenters. The molecule has 1 saturated heterocycles. The summed E-state index contributed by atoms with van der Waals surface area (Å²) in [4.78, 5) is 2.29. The molecule has 1 N–H and O–H groups in total. The maximum Gasteiger partial charge on any atom is 0.211 e. The van der Waals surface area contributed by atoms with Gasteiger partial charge in [0.05, 0.1) is 6.26 Å². The van der Waals surface area contributed by atoms with Gasteiger partial charge < -0.3 is 5.32 Å². The first-order chi connectivity index (χ1) is 9.45. The van der Waals surface area contributed by atoms with Crippen LogP contribution in [0.15, 0.2) is 28.7 Å². The van der Waals surface area contributed by atoms with Gasteiger partial charge >= 0.3 is 0 Å². The molecule has 1 heterocycles. The van der Waals surface area contributed by atoms with Crippen LogP contribution >= 0.6 is 15.9 Å². The fourth-order valence-electron chi connectivity index (χ4n) is 2.21. The van der Waals surface area contributed by atoms with Crippen LogP contribution in [0.2, 0.25) is 0 Å². The Labute approximate surface area is 129 Å². The van der Waals surface area contributed by atoms with Crippen molar-refractivity contribution in [1.82, 2.24) is 9.21 Å². The summed E-state index contributed by atoms with van der Waals surface area (Å²) >= 11 is 3.41. The lowest BCUT2D eigenvalue weighted by Gasteiger charge is -2.33. The summed E-state index contributed by atoms with van der Waals surface area (Å²) in [5, 5.41) is 3.37. The molecular weight excluding hydrogens is 342 g/mol. The number of benzene rings is 1. The first-order valence-corrected chi connectivity index (χ1v) is 9.26. The molecule has 1 aromatic rings. The van der Waals surface area contributed by atoms with E-state index in [4.69, 9.17) is 0 Å². The van der Waals surface area contributed by atoms with Crippen molar-refractivity contribution in [2.45, 2.75) is 0 Å². The van der Waals surface area contributed by atoms with E-state index < -0.39 is 10.0 Å². The van der Waals surface area contributed by atoms with Crippen LogP contribution in [-0.2, 0) is 10.0 Å².